The van der Waals surface area contributed by atoms with Crippen LogP contribution >= 0.6 is 11.8 Å². The first kappa shape index (κ1) is 20.5. The van der Waals surface area contributed by atoms with Crippen molar-refractivity contribution < 1.29 is 18.4 Å². The Balaban J connectivity index is 1.50. The van der Waals surface area contributed by atoms with Crippen LogP contribution in [0.25, 0.3) is 5.69 Å². The number of hydrogen-bond acceptors (Lipinski definition) is 4. The molecule has 0 bridgehead atoms. The highest BCUT2D eigenvalue weighted by Gasteiger charge is 2.16. The average Bonchev–Trinajstić information content (AvgIpc) is 3.22. The Labute approximate surface area is 170 Å². The molecule has 1 atom stereocenters. The van der Waals surface area contributed by atoms with Crippen molar-refractivity contribution in [2.24, 2.45) is 0 Å². The minimum absolute atomic E-state index is 0.0402. The summed E-state index contributed by atoms with van der Waals surface area (Å²) in [7, 11) is 0. The fourth-order valence-corrected chi connectivity index (χ4v) is 3.12. The summed E-state index contributed by atoms with van der Waals surface area (Å²) in [4.78, 5) is 24.3. The molecule has 3 rings (SSSR count). The fraction of sp³-hybridized carbons (Fsp3) is 0.150. The maximum absolute atomic E-state index is 14.3. The number of carbonyl (C=O) groups excluding carboxylic acids is 2. The third-order valence-corrected chi connectivity index (χ3v) is 5.07. The molecule has 1 aromatic heterocycles. The summed E-state index contributed by atoms with van der Waals surface area (Å²) in [5, 5.41) is 8.69. The van der Waals surface area contributed by atoms with E-state index in [-0.39, 0.29) is 23.3 Å². The smallest absolute Gasteiger partial charge is 0.237 e. The molecular weight excluding hydrogens is 398 g/mol. The lowest BCUT2D eigenvalue weighted by Crippen LogP contribution is -2.25. The Morgan fingerprint density at radius 3 is 2.48 bits per heavy atom. The fourth-order valence-electron chi connectivity index (χ4n) is 2.43. The summed E-state index contributed by atoms with van der Waals surface area (Å²) in [6.07, 6.45) is 3.16. The zero-order valence-corrected chi connectivity index (χ0v) is 16.2. The zero-order valence-electron chi connectivity index (χ0n) is 15.4. The van der Waals surface area contributed by atoms with Crippen molar-refractivity contribution in [3.8, 4) is 5.69 Å². The molecule has 2 amide bonds. The first-order valence-corrected chi connectivity index (χ1v) is 9.74. The first-order valence-electron chi connectivity index (χ1n) is 8.70. The van der Waals surface area contributed by atoms with Crippen molar-refractivity contribution in [3.05, 3.63) is 72.6 Å². The Morgan fingerprint density at radius 2 is 1.83 bits per heavy atom. The van der Waals surface area contributed by atoms with Gasteiger partial charge < -0.3 is 10.6 Å². The number of carbonyl (C=O) groups is 2. The van der Waals surface area contributed by atoms with Gasteiger partial charge in [-0.05, 0) is 55.5 Å². The van der Waals surface area contributed by atoms with E-state index in [1.807, 2.05) is 0 Å². The van der Waals surface area contributed by atoms with Crippen molar-refractivity contribution in [1.82, 2.24) is 9.78 Å². The van der Waals surface area contributed by atoms with Gasteiger partial charge in [-0.15, -0.1) is 11.8 Å². The maximum atomic E-state index is 14.3. The van der Waals surface area contributed by atoms with Gasteiger partial charge in [-0.2, -0.15) is 5.10 Å². The minimum atomic E-state index is -0.539. The average molecular weight is 416 g/mol. The molecule has 0 spiro atoms. The number of halogens is 2. The Kier molecular flexibility index (Phi) is 6.61. The van der Waals surface area contributed by atoms with E-state index >= 15 is 0 Å². The van der Waals surface area contributed by atoms with Gasteiger partial charge in [0, 0.05) is 23.8 Å². The van der Waals surface area contributed by atoms with Gasteiger partial charge >= 0.3 is 0 Å². The number of thioether (sulfide) groups is 1. The summed E-state index contributed by atoms with van der Waals surface area (Å²) in [5.41, 5.74) is 1.06. The molecule has 2 N–H and O–H groups in total. The third kappa shape index (κ3) is 5.64. The van der Waals surface area contributed by atoms with Crippen LogP contribution in [0.15, 0.2) is 60.9 Å². The molecule has 0 fully saturated rings. The largest absolute Gasteiger partial charge is 0.325 e. The van der Waals surface area contributed by atoms with Crippen molar-refractivity contribution in [2.75, 3.05) is 16.4 Å². The van der Waals surface area contributed by atoms with E-state index < -0.39 is 16.9 Å². The number of hydrogen-bond donors (Lipinski definition) is 2. The molecule has 1 heterocycles. The molecule has 3 aromatic rings. The minimum Gasteiger partial charge on any atom is -0.325 e. The van der Waals surface area contributed by atoms with Crippen LogP contribution in [0.3, 0.4) is 0 Å². The lowest BCUT2D eigenvalue weighted by Gasteiger charge is -2.13. The number of benzene rings is 2. The van der Waals surface area contributed by atoms with Gasteiger partial charge in [-0.3, -0.25) is 9.59 Å². The zero-order chi connectivity index (χ0) is 20.8. The summed E-state index contributed by atoms with van der Waals surface area (Å²) < 4.78 is 28.5. The van der Waals surface area contributed by atoms with Crippen LogP contribution < -0.4 is 10.6 Å². The van der Waals surface area contributed by atoms with Gasteiger partial charge in [-0.1, -0.05) is 0 Å². The SMILES string of the molecule is CC(SCC(=O)Nc1ccc(F)cc1)C(=O)Nc1ccc(-n2cccn2)c(F)c1. The number of aromatic nitrogens is 2. The molecule has 2 aromatic carbocycles. The third-order valence-electron chi connectivity index (χ3n) is 3.93. The predicted octanol–water partition coefficient (Wildman–Crippen LogP) is 3.85. The Hall–Kier alpha value is -3.20. The van der Waals surface area contributed by atoms with Crippen LogP contribution in [0, 0.1) is 11.6 Å². The van der Waals surface area contributed by atoms with E-state index in [1.54, 1.807) is 31.5 Å². The molecule has 0 aliphatic rings. The second kappa shape index (κ2) is 9.33. The van der Waals surface area contributed by atoms with E-state index in [4.69, 9.17) is 0 Å². The van der Waals surface area contributed by atoms with Crippen molar-refractivity contribution in [3.63, 3.8) is 0 Å². The predicted molar refractivity (Wildman–Crippen MR) is 109 cm³/mol. The summed E-state index contributed by atoms with van der Waals surface area (Å²) in [6, 6.07) is 11.4. The second-order valence-corrected chi connectivity index (χ2v) is 7.44. The Morgan fingerprint density at radius 1 is 1.10 bits per heavy atom. The van der Waals surface area contributed by atoms with E-state index in [1.165, 1.54) is 41.1 Å². The first-order chi connectivity index (χ1) is 13.9. The molecule has 0 aliphatic carbocycles. The molecule has 0 saturated carbocycles. The van der Waals surface area contributed by atoms with Crippen LogP contribution in [0.4, 0.5) is 20.2 Å². The summed E-state index contributed by atoms with van der Waals surface area (Å²) in [5.74, 6) is -1.53. The lowest BCUT2D eigenvalue weighted by atomic mass is 10.2. The topological polar surface area (TPSA) is 76.0 Å². The molecule has 150 valence electrons. The number of nitrogens with one attached hydrogen (secondary N) is 2. The lowest BCUT2D eigenvalue weighted by molar-refractivity contribution is -0.115. The van der Waals surface area contributed by atoms with Crippen LogP contribution in [0.1, 0.15) is 6.92 Å². The van der Waals surface area contributed by atoms with Gasteiger partial charge in [0.2, 0.25) is 11.8 Å². The van der Waals surface area contributed by atoms with Crippen LogP contribution in [0.2, 0.25) is 0 Å². The van der Waals surface area contributed by atoms with Crippen LogP contribution in [0.5, 0.6) is 0 Å². The molecule has 29 heavy (non-hydrogen) atoms. The van der Waals surface area contributed by atoms with Crippen molar-refractivity contribution in [1.29, 1.82) is 0 Å². The van der Waals surface area contributed by atoms with Gasteiger partial charge in [0.15, 0.2) is 5.82 Å². The summed E-state index contributed by atoms with van der Waals surface area (Å²) in [6.45, 7) is 1.65. The summed E-state index contributed by atoms with van der Waals surface area (Å²) >= 11 is 1.13. The van der Waals surface area contributed by atoms with Gasteiger partial charge in [0.05, 0.1) is 11.0 Å². The van der Waals surface area contributed by atoms with E-state index in [9.17, 15) is 18.4 Å². The highest BCUT2D eigenvalue weighted by atomic mass is 32.2. The molecule has 9 heteroatoms. The highest BCUT2D eigenvalue weighted by Crippen LogP contribution is 2.20. The maximum Gasteiger partial charge on any atom is 0.237 e. The van der Waals surface area contributed by atoms with Crippen LogP contribution in [-0.4, -0.2) is 32.6 Å². The molecular formula is C20H18F2N4O2S. The quantitative estimate of drug-likeness (QED) is 0.614. The van der Waals surface area contributed by atoms with E-state index in [2.05, 4.69) is 15.7 Å². The number of nitrogens with zero attached hydrogens (tertiary/aromatic N) is 2. The molecule has 0 aliphatic heterocycles. The number of rotatable bonds is 7. The van der Waals surface area contributed by atoms with E-state index in [0.29, 0.717) is 11.4 Å². The molecule has 0 saturated heterocycles. The molecule has 1 unspecified atom stereocenters. The number of amides is 2. The van der Waals surface area contributed by atoms with Gasteiger partial charge in [-0.25, -0.2) is 13.5 Å². The standard InChI is InChI=1S/C20H18F2N4O2S/c1-13(29-12-19(27)24-15-5-3-14(21)4-6-15)20(28)25-16-7-8-18(17(22)11-16)26-10-2-9-23-26/h2-11,13H,12H2,1H3,(H,24,27)(H,25,28). The normalized spacial score (nSPS) is 11.7. The van der Waals surface area contributed by atoms with E-state index in [0.717, 1.165) is 11.8 Å². The number of anilines is 2. The molecule has 6 nitrogen and oxygen atoms in total. The van der Waals surface area contributed by atoms with Crippen molar-refractivity contribution in [2.45, 2.75) is 12.2 Å². The van der Waals surface area contributed by atoms with Gasteiger partial charge in [0.1, 0.15) is 11.5 Å². The monoisotopic (exact) mass is 416 g/mol. The van der Waals surface area contributed by atoms with Gasteiger partial charge in [0.25, 0.3) is 0 Å². The Bertz CT molecular complexity index is 994. The van der Waals surface area contributed by atoms with Crippen molar-refractivity contribution >= 4 is 35.0 Å². The second-order valence-electron chi connectivity index (χ2n) is 6.11. The molecule has 0 radical (unpaired) electrons. The highest BCUT2D eigenvalue weighted by molar-refractivity contribution is 8.01. The van der Waals surface area contributed by atoms with Crippen LogP contribution in [-0.2, 0) is 9.59 Å².